The smallest absolute Gasteiger partial charge is 0.338 e. The molecule has 0 amide bonds. The van der Waals surface area contributed by atoms with Crippen molar-refractivity contribution in [3.8, 4) is 0 Å². The van der Waals surface area contributed by atoms with Crippen molar-refractivity contribution < 1.29 is 14.5 Å². The largest absolute Gasteiger partial charge is 0.458 e. The molecule has 2 aliphatic rings. The van der Waals surface area contributed by atoms with Gasteiger partial charge in [-0.1, -0.05) is 62.1 Å². The molecule has 2 atom stereocenters. The van der Waals surface area contributed by atoms with Crippen LogP contribution < -0.4 is 0 Å². The minimum absolute atomic E-state index is 0.0278. The van der Waals surface area contributed by atoms with E-state index in [2.05, 4.69) is 36.4 Å². The van der Waals surface area contributed by atoms with Crippen LogP contribution in [0.25, 0.3) is 10.8 Å². The second-order valence-corrected chi connectivity index (χ2v) is 9.76. The Balaban J connectivity index is 1.49. The van der Waals surface area contributed by atoms with Crippen molar-refractivity contribution in [2.24, 2.45) is 0 Å². The van der Waals surface area contributed by atoms with E-state index >= 15 is 0 Å². The van der Waals surface area contributed by atoms with Gasteiger partial charge >= 0.3 is 5.97 Å². The quantitative estimate of drug-likeness (QED) is 0.224. The molecule has 0 heterocycles. The fourth-order valence-corrected chi connectivity index (χ4v) is 5.99. The minimum Gasteiger partial charge on any atom is -0.458 e. The molecule has 0 N–H and O–H groups in total. The van der Waals surface area contributed by atoms with Crippen LogP contribution in [-0.4, -0.2) is 17.0 Å². The summed E-state index contributed by atoms with van der Waals surface area (Å²) in [6, 6.07) is 18.9. The summed E-state index contributed by atoms with van der Waals surface area (Å²) in [5.41, 5.74) is 3.16. The number of nitrogens with zero attached hydrogens (tertiary/aromatic N) is 1. The predicted molar refractivity (Wildman–Crippen MR) is 133 cm³/mol. The maximum atomic E-state index is 13.0. The normalized spacial score (nSPS) is 21.3. The molecule has 0 saturated heterocycles. The average Bonchev–Trinajstić information content (AvgIpc) is 2.89. The number of fused-ring (bicyclic) bond motifs is 1. The standard InChI is InChI=1S/C29H31NO4/c31-29(22-14-17-23(18-15-22)30(32)33)34-27-13-7-6-12-26(27)28-24-11-5-4-10-21(24)16-19-25(28)20-8-2-1-3-9-20/h4-5,10-11,14-20,26-27H,1-3,6-9,12-13H2/t26-,27+/m1/s1. The van der Waals surface area contributed by atoms with Crippen LogP contribution in [0.15, 0.2) is 60.7 Å². The van der Waals surface area contributed by atoms with E-state index in [0.717, 1.165) is 25.7 Å². The highest BCUT2D eigenvalue weighted by molar-refractivity contribution is 5.90. The van der Waals surface area contributed by atoms with Gasteiger partial charge in [0.25, 0.3) is 5.69 Å². The van der Waals surface area contributed by atoms with Gasteiger partial charge in [0, 0.05) is 18.1 Å². The Labute approximate surface area is 200 Å². The van der Waals surface area contributed by atoms with Crippen LogP contribution in [0.2, 0.25) is 0 Å². The fraction of sp³-hybridized carbons (Fsp3) is 0.414. The van der Waals surface area contributed by atoms with E-state index < -0.39 is 10.9 Å². The number of rotatable bonds is 5. The molecule has 0 aromatic heterocycles. The third kappa shape index (κ3) is 4.56. The van der Waals surface area contributed by atoms with E-state index in [0.29, 0.717) is 11.5 Å². The number of benzene rings is 3. The Bertz CT molecular complexity index is 1180. The number of hydrogen-bond acceptors (Lipinski definition) is 4. The van der Waals surface area contributed by atoms with Gasteiger partial charge in [0.05, 0.1) is 10.5 Å². The first-order valence-electron chi connectivity index (χ1n) is 12.6. The Morgan fingerprint density at radius 2 is 1.53 bits per heavy atom. The monoisotopic (exact) mass is 457 g/mol. The molecule has 3 aromatic rings. The first kappa shape index (κ1) is 22.6. The molecular weight excluding hydrogens is 426 g/mol. The molecule has 2 saturated carbocycles. The number of nitro benzene ring substituents is 1. The summed E-state index contributed by atoms with van der Waals surface area (Å²) in [5, 5.41) is 13.5. The van der Waals surface area contributed by atoms with E-state index in [9.17, 15) is 14.9 Å². The summed E-state index contributed by atoms with van der Waals surface area (Å²) in [6.45, 7) is 0. The van der Waals surface area contributed by atoms with Crippen LogP contribution in [-0.2, 0) is 4.74 Å². The van der Waals surface area contributed by atoms with Gasteiger partial charge in [0.2, 0.25) is 0 Å². The maximum absolute atomic E-state index is 13.0. The molecule has 5 nitrogen and oxygen atoms in total. The molecule has 176 valence electrons. The zero-order valence-corrected chi connectivity index (χ0v) is 19.4. The second-order valence-electron chi connectivity index (χ2n) is 9.76. The number of carbonyl (C=O) groups excluding carboxylic acids is 1. The van der Waals surface area contributed by atoms with E-state index in [-0.39, 0.29) is 17.7 Å². The third-order valence-corrected chi connectivity index (χ3v) is 7.69. The first-order valence-corrected chi connectivity index (χ1v) is 12.6. The summed E-state index contributed by atoms with van der Waals surface area (Å²) in [7, 11) is 0. The number of non-ortho nitro benzene ring substituents is 1. The highest BCUT2D eigenvalue weighted by atomic mass is 16.6. The first-order chi connectivity index (χ1) is 16.6. The van der Waals surface area contributed by atoms with Gasteiger partial charge in [0.15, 0.2) is 0 Å². The molecular formula is C29H31NO4. The third-order valence-electron chi connectivity index (χ3n) is 7.69. The highest BCUT2D eigenvalue weighted by Crippen LogP contribution is 2.45. The SMILES string of the molecule is O=C(O[C@H]1CCCC[C@H]1c1c(C2CCCCC2)ccc2ccccc12)c1ccc([N+](=O)[O-])cc1. The van der Waals surface area contributed by atoms with Crippen molar-refractivity contribution in [2.75, 3.05) is 0 Å². The van der Waals surface area contributed by atoms with Crippen molar-refractivity contribution in [2.45, 2.75) is 75.7 Å². The van der Waals surface area contributed by atoms with Gasteiger partial charge in [-0.05, 0) is 72.1 Å². The zero-order valence-electron chi connectivity index (χ0n) is 19.4. The number of esters is 1. The van der Waals surface area contributed by atoms with Crippen LogP contribution in [0.5, 0.6) is 0 Å². The molecule has 5 heteroatoms. The van der Waals surface area contributed by atoms with Crippen molar-refractivity contribution in [3.63, 3.8) is 0 Å². The Morgan fingerprint density at radius 1 is 0.824 bits per heavy atom. The van der Waals surface area contributed by atoms with E-state index in [4.69, 9.17) is 4.74 Å². The number of hydrogen-bond donors (Lipinski definition) is 0. The minimum atomic E-state index is -0.459. The molecule has 2 fully saturated rings. The molecule has 0 aliphatic heterocycles. The summed E-state index contributed by atoms with van der Waals surface area (Å²) in [5.74, 6) is 0.339. The van der Waals surface area contributed by atoms with Crippen LogP contribution in [0.3, 0.4) is 0 Å². The van der Waals surface area contributed by atoms with Crippen LogP contribution in [0.4, 0.5) is 5.69 Å². The van der Waals surface area contributed by atoms with Crippen LogP contribution in [0.1, 0.15) is 91.1 Å². The van der Waals surface area contributed by atoms with Crippen molar-refractivity contribution in [3.05, 3.63) is 87.5 Å². The highest BCUT2D eigenvalue weighted by Gasteiger charge is 2.34. The lowest BCUT2D eigenvalue weighted by molar-refractivity contribution is -0.384. The number of carbonyl (C=O) groups is 1. The second kappa shape index (κ2) is 9.96. The summed E-state index contributed by atoms with van der Waals surface area (Å²) in [6.07, 6.45) is 10.2. The fourth-order valence-electron chi connectivity index (χ4n) is 5.99. The number of ether oxygens (including phenoxy) is 1. The molecule has 5 rings (SSSR count). The zero-order chi connectivity index (χ0) is 23.5. The van der Waals surface area contributed by atoms with E-state index in [1.165, 1.54) is 78.3 Å². The summed E-state index contributed by atoms with van der Waals surface area (Å²) in [4.78, 5) is 23.5. The van der Waals surface area contributed by atoms with Gasteiger partial charge in [-0.15, -0.1) is 0 Å². The average molecular weight is 458 g/mol. The molecule has 0 radical (unpaired) electrons. The van der Waals surface area contributed by atoms with Crippen molar-refractivity contribution in [1.82, 2.24) is 0 Å². The maximum Gasteiger partial charge on any atom is 0.338 e. The van der Waals surface area contributed by atoms with Crippen LogP contribution >= 0.6 is 0 Å². The lowest BCUT2D eigenvalue weighted by Gasteiger charge is -2.35. The lowest BCUT2D eigenvalue weighted by atomic mass is 9.73. The topological polar surface area (TPSA) is 69.4 Å². The van der Waals surface area contributed by atoms with Gasteiger partial charge in [-0.25, -0.2) is 4.79 Å². The van der Waals surface area contributed by atoms with Gasteiger partial charge in [-0.3, -0.25) is 10.1 Å². The summed E-state index contributed by atoms with van der Waals surface area (Å²) >= 11 is 0. The van der Waals surface area contributed by atoms with Gasteiger partial charge in [-0.2, -0.15) is 0 Å². The van der Waals surface area contributed by atoms with Crippen LogP contribution in [0, 0.1) is 10.1 Å². The molecule has 0 spiro atoms. The Morgan fingerprint density at radius 3 is 2.29 bits per heavy atom. The van der Waals surface area contributed by atoms with E-state index in [1.807, 2.05) is 0 Å². The lowest BCUT2D eigenvalue weighted by Crippen LogP contribution is -2.30. The molecule has 3 aromatic carbocycles. The molecule has 2 aliphatic carbocycles. The Hall–Kier alpha value is -3.21. The molecule has 34 heavy (non-hydrogen) atoms. The van der Waals surface area contributed by atoms with Gasteiger partial charge in [0.1, 0.15) is 6.10 Å². The summed E-state index contributed by atoms with van der Waals surface area (Å²) < 4.78 is 6.13. The Kier molecular flexibility index (Phi) is 6.61. The van der Waals surface area contributed by atoms with Gasteiger partial charge < -0.3 is 4.74 Å². The number of nitro groups is 1. The van der Waals surface area contributed by atoms with Crippen molar-refractivity contribution >= 4 is 22.4 Å². The molecule has 0 unspecified atom stereocenters. The molecule has 0 bridgehead atoms. The van der Waals surface area contributed by atoms with E-state index in [1.54, 1.807) is 0 Å². The van der Waals surface area contributed by atoms with Crippen molar-refractivity contribution in [1.29, 1.82) is 0 Å². The predicted octanol–water partition coefficient (Wildman–Crippen LogP) is 7.68.